The van der Waals surface area contributed by atoms with Gasteiger partial charge in [-0.3, -0.25) is 14.4 Å². The van der Waals surface area contributed by atoms with Crippen molar-refractivity contribution in [3.8, 4) is 0 Å². The molecule has 1 atom stereocenters. The second-order valence-corrected chi connectivity index (χ2v) is 18.4. The van der Waals surface area contributed by atoms with E-state index in [0.29, 0.717) is 44.5 Å². The monoisotopic (exact) mass is 874 g/mol. The van der Waals surface area contributed by atoms with Crippen molar-refractivity contribution in [2.75, 3.05) is 32.8 Å². The van der Waals surface area contributed by atoms with Crippen molar-refractivity contribution in [3.05, 3.63) is 24.0 Å². The molecular formula is C53H99N3O6. The third-order valence-corrected chi connectivity index (χ3v) is 12.4. The zero-order valence-electron chi connectivity index (χ0n) is 40.8. The Morgan fingerprint density at radius 2 is 1.05 bits per heavy atom. The number of carbonyl (C=O) groups is 3. The number of esters is 2. The zero-order valence-corrected chi connectivity index (χ0v) is 40.8. The molecule has 0 spiro atoms. The van der Waals surface area contributed by atoms with E-state index in [1.165, 1.54) is 109 Å². The summed E-state index contributed by atoms with van der Waals surface area (Å²) in [7, 11) is 0. The van der Waals surface area contributed by atoms with Crippen LogP contribution in [0.15, 0.2) is 18.5 Å². The molecule has 9 nitrogen and oxygen atoms in total. The molecule has 0 saturated carbocycles. The fourth-order valence-corrected chi connectivity index (χ4v) is 8.36. The van der Waals surface area contributed by atoms with Crippen LogP contribution >= 0.6 is 0 Å². The molecule has 0 aliphatic heterocycles. The summed E-state index contributed by atoms with van der Waals surface area (Å²) in [6, 6.07) is 1.76. The lowest BCUT2D eigenvalue weighted by molar-refractivity contribution is -0.150. The first-order chi connectivity index (χ1) is 30.4. The number of hydrogen-bond acceptors (Lipinski definition) is 7. The first-order valence-electron chi connectivity index (χ1n) is 26.6. The Hall–Kier alpha value is -2.39. The SMILES string of the molecule is CCCCCCCCCCCOC(=O)CCCCCN(CCCCCCCC(=O)OC(CCCCCCCC)CCCCCCCC)CC(O)CCCCNC(=O)c1cc[nH]c1. The van der Waals surface area contributed by atoms with E-state index in [9.17, 15) is 19.5 Å². The van der Waals surface area contributed by atoms with Gasteiger partial charge in [-0.15, -0.1) is 0 Å². The van der Waals surface area contributed by atoms with E-state index in [1.807, 2.05) is 0 Å². The summed E-state index contributed by atoms with van der Waals surface area (Å²) < 4.78 is 11.6. The number of aromatic amines is 1. The molecule has 0 fully saturated rings. The smallest absolute Gasteiger partial charge is 0.306 e. The minimum absolute atomic E-state index is 0.0118. The Morgan fingerprint density at radius 3 is 1.60 bits per heavy atom. The number of carbonyl (C=O) groups excluding carboxylic acids is 3. The van der Waals surface area contributed by atoms with Gasteiger partial charge in [-0.1, -0.05) is 162 Å². The average Bonchev–Trinajstić information content (AvgIpc) is 3.81. The van der Waals surface area contributed by atoms with Crippen LogP contribution in [0.4, 0.5) is 0 Å². The molecule has 0 bridgehead atoms. The number of ether oxygens (including phenoxy) is 2. The van der Waals surface area contributed by atoms with E-state index < -0.39 is 6.10 Å². The highest BCUT2D eigenvalue weighted by Crippen LogP contribution is 2.19. The Labute approximate surface area is 381 Å². The van der Waals surface area contributed by atoms with E-state index >= 15 is 0 Å². The van der Waals surface area contributed by atoms with Gasteiger partial charge in [0.15, 0.2) is 0 Å². The fraction of sp³-hybridized carbons (Fsp3) is 0.868. The number of aliphatic hydroxyl groups is 1. The summed E-state index contributed by atoms with van der Waals surface area (Å²) in [4.78, 5) is 42.7. The molecule has 62 heavy (non-hydrogen) atoms. The number of unbranched alkanes of at least 4 members (excludes halogenated alkanes) is 25. The normalized spacial score (nSPS) is 12.0. The second-order valence-electron chi connectivity index (χ2n) is 18.4. The molecule has 9 heteroatoms. The van der Waals surface area contributed by atoms with E-state index in [0.717, 1.165) is 116 Å². The number of aromatic nitrogens is 1. The van der Waals surface area contributed by atoms with Gasteiger partial charge in [0.25, 0.3) is 5.91 Å². The third-order valence-electron chi connectivity index (χ3n) is 12.4. The number of rotatable bonds is 47. The molecule has 362 valence electrons. The lowest BCUT2D eigenvalue weighted by Gasteiger charge is -2.25. The Morgan fingerprint density at radius 1 is 0.581 bits per heavy atom. The second kappa shape index (κ2) is 43.8. The highest BCUT2D eigenvalue weighted by molar-refractivity contribution is 5.93. The molecule has 0 aliphatic rings. The molecule has 0 aromatic carbocycles. The average molecular weight is 874 g/mol. The van der Waals surface area contributed by atoms with Crippen molar-refractivity contribution < 1.29 is 29.0 Å². The van der Waals surface area contributed by atoms with Gasteiger partial charge in [0.05, 0.1) is 18.3 Å². The van der Waals surface area contributed by atoms with Gasteiger partial charge in [-0.25, -0.2) is 0 Å². The topological polar surface area (TPSA) is 121 Å². The Bertz CT molecular complexity index is 1110. The molecule has 0 saturated heterocycles. The lowest BCUT2D eigenvalue weighted by atomic mass is 10.0. The summed E-state index contributed by atoms with van der Waals surface area (Å²) in [5.74, 6) is -0.158. The van der Waals surface area contributed by atoms with Crippen molar-refractivity contribution in [3.63, 3.8) is 0 Å². The van der Waals surface area contributed by atoms with Crippen molar-refractivity contribution in [1.29, 1.82) is 0 Å². The highest BCUT2D eigenvalue weighted by atomic mass is 16.5. The van der Waals surface area contributed by atoms with Crippen LogP contribution in [0.3, 0.4) is 0 Å². The number of amides is 1. The van der Waals surface area contributed by atoms with E-state index in [-0.39, 0.29) is 23.9 Å². The minimum Gasteiger partial charge on any atom is -0.466 e. The quantitative estimate of drug-likeness (QED) is 0.0440. The van der Waals surface area contributed by atoms with E-state index in [2.05, 4.69) is 36.0 Å². The van der Waals surface area contributed by atoms with E-state index in [4.69, 9.17) is 9.47 Å². The van der Waals surface area contributed by atoms with Gasteiger partial charge in [-0.05, 0) is 96.2 Å². The van der Waals surface area contributed by atoms with Crippen LogP contribution < -0.4 is 5.32 Å². The number of hydrogen-bond donors (Lipinski definition) is 3. The summed E-state index contributed by atoms with van der Waals surface area (Å²) in [5, 5.41) is 13.9. The zero-order chi connectivity index (χ0) is 45.0. The van der Waals surface area contributed by atoms with Crippen molar-refractivity contribution in [1.82, 2.24) is 15.2 Å². The minimum atomic E-state index is -0.414. The molecule has 1 unspecified atom stereocenters. The lowest BCUT2D eigenvalue weighted by Crippen LogP contribution is -2.34. The molecule has 1 rings (SSSR count). The molecule has 3 N–H and O–H groups in total. The van der Waals surface area contributed by atoms with Crippen LogP contribution in [0.1, 0.15) is 262 Å². The van der Waals surface area contributed by atoms with Gasteiger partial charge in [0.1, 0.15) is 6.10 Å². The molecule has 1 heterocycles. The summed E-state index contributed by atoms with van der Waals surface area (Å²) >= 11 is 0. The summed E-state index contributed by atoms with van der Waals surface area (Å²) in [6.07, 6.45) is 43.0. The van der Waals surface area contributed by atoms with Crippen molar-refractivity contribution in [2.24, 2.45) is 0 Å². The molecule has 0 aliphatic carbocycles. The van der Waals surface area contributed by atoms with Gasteiger partial charge in [-0.2, -0.15) is 0 Å². The van der Waals surface area contributed by atoms with Crippen LogP contribution in [-0.2, 0) is 19.1 Å². The summed E-state index contributed by atoms with van der Waals surface area (Å²) in [5.41, 5.74) is 0.635. The molecule has 0 radical (unpaired) electrons. The number of aliphatic hydroxyl groups excluding tert-OH is 1. The summed E-state index contributed by atoms with van der Waals surface area (Å²) in [6.45, 7) is 10.4. The molecule has 1 amide bonds. The maximum atomic E-state index is 12.9. The van der Waals surface area contributed by atoms with E-state index in [1.54, 1.807) is 18.5 Å². The molecule has 1 aromatic heterocycles. The van der Waals surface area contributed by atoms with Crippen LogP contribution in [0.2, 0.25) is 0 Å². The van der Waals surface area contributed by atoms with Gasteiger partial charge >= 0.3 is 11.9 Å². The van der Waals surface area contributed by atoms with Crippen molar-refractivity contribution in [2.45, 2.75) is 264 Å². The fourth-order valence-electron chi connectivity index (χ4n) is 8.36. The highest BCUT2D eigenvalue weighted by Gasteiger charge is 2.15. The van der Waals surface area contributed by atoms with Gasteiger partial charge < -0.3 is 29.8 Å². The predicted molar refractivity (Wildman–Crippen MR) is 260 cm³/mol. The van der Waals surface area contributed by atoms with Crippen molar-refractivity contribution >= 4 is 17.8 Å². The van der Waals surface area contributed by atoms with Gasteiger partial charge in [0.2, 0.25) is 0 Å². The van der Waals surface area contributed by atoms with Crippen LogP contribution in [-0.4, -0.2) is 77.8 Å². The van der Waals surface area contributed by atoms with Crippen LogP contribution in [0.5, 0.6) is 0 Å². The number of nitrogens with one attached hydrogen (secondary N) is 2. The molecule has 1 aromatic rings. The molecular weight excluding hydrogens is 775 g/mol. The Kier molecular flexibility index (Phi) is 40.7. The maximum absolute atomic E-state index is 12.9. The largest absolute Gasteiger partial charge is 0.466 e. The number of nitrogens with zero attached hydrogens (tertiary/aromatic N) is 1. The van der Waals surface area contributed by atoms with Gasteiger partial charge in [0, 0.05) is 38.3 Å². The first kappa shape index (κ1) is 57.6. The van der Waals surface area contributed by atoms with Crippen LogP contribution in [0, 0.1) is 0 Å². The third kappa shape index (κ3) is 37.0. The Balaban J connectivity index is 2.39. The predicted octanol–water partition coefficient (Wildman–Crippen LogP) is 14.0. The standard InChI is InChI=1S/C53H99N3O6/c1-4-7-10-13-16-17-18-24-34-45-61-51(58)38-29-25-33-44-56(47-49(57)35-30-31-41-55-53(60)48-40-42-54-46-48)43-32-23-19-22-28-39-52(59)62-50(36-26-20-14-11-8-5-2)37-27-21-15-12-9-6-3/h40,42,46,49-50,54,57H,4-39,41,43-45,47H2,1-3H3,(H,55,60). The van der Waals surface area contributed by atoms with Crippen LogP contribution in [0.25, 0.3) is 0 Å². The maximum Gasteiger partial charge on any atom is 0.306 e. The first-order valence-corrected chi connectivity index (χ1v) is 26.6. The number of H-pyrrole nitrogens is 1.